The number of benzene rings is 1. The van der Waals surface area contributed by atoms with E-state index in [2.05, 4.69) is 19.1 Å². The number of nitrogens with zero attached hydrogens (tertiary/aromatic N) is 1. The monoisotopic (exact) mass is 555 g/mol. The van der Waals surface area contributed by atoms with Gasteiger partial charge in [0.15, 0.2) is 6.10 Å². The van der Waals surface area contributed by atoms with Crippen molar-refractivity contribution in [2.24, 2.45) is 0 Å². The summed E-state index contributed by atoms with van der Waals surface area (Å²) < 4.78 is 21.9. The van der Waals surface area contributed by atoms with Gasteiger partial charge in [-0.2, -0.15) is 0 Å². The molecule has 0 aliphatic heterocycles. The third kappa shape index (κ3) is 20.7. The van der Waals surface area contributed by atoms with Crippen molar-refractivity contribution in [3.63, 3.8) is 0 Å². The molecule has 0 bridgehead atoms. The van der Waals surface area contributed by atoms with Crippen molar-refractivity contribution in [2.75, 3.05) is 40.5 Å². The molecule has 220 valence electrons. The van der Waals surface area contributed by atoms with Crippen LogP contribution in [0.25, 0.3) is 0 Å². The van der Waals surface area contributed by atoms with Gasteiger partial charge in [-0.3, -0.25) is 4.79 Å². The first kappa shape index (κ1) is 34.8. The van der Waals surface area contributed by atoms with Crippen LogP contribution in [0.1, 0.15) is 103 Å². The first-order valence-corrected chi connectivity index (χ1v) is 15.8. The Labute approximate surface area is 233 Å². The van der Waals surface area contributed by atoms with Gasteiger partial charge in [-0.25, -0.2) is 0 Å². The molecule has 1 N–H and O–H groups in total. The molecule has 38 heavy (non-hydrogen) atoms. The van der Waals surface area contributed by atoms with Crippen LogP contribution in [-0.2, 0) is 25.0 Å². The average Bonchev–Trinajstić information content (AvgIpc) is 2.88. The quantitative estimate of drug-likeness (QED) is 0.0763. The van der Waals surface area contributed by atoms with E-state index in [0.717, 1.165) is 25.1 Å². The number of ether oxygens (including phenoxy) is 2. The van der Waals surface area contributed by atoms with E-state index in [-0.39, 0.29) is 13.2 Å². The molecular weight excluding hydrogens is 501 g/mol. The highest BCUT2D eigenvalue weighted by Crippen LogP contribution is 2.33. The number of hydrogen-bond donors (Lipinski definition) is 1. The number of hydrogen-bond acceptors (Lipinski definition) is 7. The fourth-order valence-corrected chi connectivity index (χ4v) is 4.86. The first-order chi connectivity index (χ1) is 18.4. The van der Waals surface area contributed by atoms with Crippen LogP contribution in [0.5, 0.6) is 5.75 Å². The van der Waals surface area contributed by atoms with E-state index in [9.17, 15) is 9.69 Å². The summed E-state index contributed by atoms with van der Waals surface area (Å²) >= 11 is 0. The van der Waals surface area contributed by atoms with Gasteiger partial charge in [0.25, 0.3) is 0 Å². The fraction of sp³-hybridized carbons (Fsp3) is 0.767. The van der Waals surface area contributed by atoms with Gasteiger partial charge in [0.1, 0.15) is 12.4 Å². The Hall–Kier alpha value is -1.24. The van der Waals surface area contributed by atoms with Gasteiger partial charge in [0.05, 0.1) is 13.2 Å². The summed E-state index contributed by atoms with van der Waals surface area (Å²) in [5.74, 6) is 0.321. The van der Waals surface area contributed by atoms with Gasteiger partial charge < -0.3 is 28.3 Å². The van der Waals surface area contributed by atoms with Gasteiger partial charge in [-0.05, 0) is 57.6 Å². The predicted octanol–water partition coefficient (Wildman–Crippen LogP) is 7.44. The second-order valence-corrected chi connectivity index (χ2v) is 11.3. The molecule has 0 spiro atoms. The third-order valence-corrected chi connectivity index (χ3v) is 7.08. The van der Waals surface area contributed by atoms with Gasteiger partial charge in [-0.1, -0.05) is 89.7 Å². The number of unbranched alkanes of at least 4 members (excludes halogenated alkanes) is 11. The van der Waals surface area contributed by atoms with E-state index < -0.39 is 20.7 Å². The minimum Gasteiger partial charge on any atom is -0.490 e. The Morgan fingerprint density at radius 1 is 0.895 bits per heavy atom. The molecule has 0 aromatic heterocycles. The maximum Gasteiger partial charge on any atom is 0.329 e. The van der Waals surface area contributed by atoms with Crippen molar-refractivity contribution in [2.45, 2.75) is 110 Å². The van der Waals surface area contributed by atoms with Gasteiger partial charge >= 0.3 is 14.6 Å². The Balaban J connectivity index is 2.24. The molecule has 0 amide bonds. The smallest absolute Gasteiger partial charge is 0.329 e. The molecule has 8 heteroatoms. The summed E-state index contributed by atoms with van der Waals surface area (Å²) in [5.41, 5.74) is 1.25. The van der Waals surface area contributed by atoms with Gasteiger partial charge in [-0.15, -0.1) is 0 Å². The SMILES string of the molecule is CCCCCCCCCCCCCCc1cccc(OCC(COP(O)OCCCN(C)C)OC(C)=O)c1. The van der Waals surface area contributed by atoms with Crippen LogP contribution in [-0.4, -0.2) is 62.3 Å². The highest BCUT2D eigenvalue weighted by molar-refractivity contribution is 7.40. The molecule has 0 saturated carbocycles. The van der Waals surface area contributed by atoms with E-state index in [0.29, 0.717) is 6.61 Å². The van der Waals surface area contributed by atoms with E-state index >= 15 is 0 Å². The topological polar surface area (TPSA) is 77.5 Å². The molecule has 0 aliphatic carbocycles. The minimum atomic E-state index is -2.02. The molecule has 0 saturated heterocycles. The highest BCUT2D eigenvalue weighted by atomic mass is 31.2. The zero-order valence-electron chi connectivity index (χ0n) is 24.5. The van der Waals surface area contributed by atoms with E-state index in [1.807, 2.05) is 31.1 Å². The number of carbonyl (C=O) groups is 1. The predicted molar refractivity (Wildman–Crippen MR) is 156 cm³/mol. The average molecular weight is 556 g/mol. The van der Waals surface area contributed by atoms with E-state index in [1.165, 1.54) is 89.5 Å². The van der Waals surface area contributed by atoms with Crippen molar-refractivity contribution >= 4 is 14.6 Å². The molecule has 0 aliphatic rings. The van der Waals surface area contributed by atoms with Crippen LogP contribution in [0.4, 0.5) is 0 Å². The Morgan fingerprint density at radius 2 is 1.53 bits per heavy atom. The molecule has 1 aromatic rings. The van der Waals surface area contributed by atoms with Crippen LogP contribution >= 0.6 is 8.60 Å². The molecule has 2 atom stereocenters. The normalized spacial score (nSPS) is 13.0. The standard InChI is InChI=1S/C30H54NO6P/c1-5-6-7-8-9-10-11-12-13-14-15-16-19-28-20-17-21-29(24-28)34-25-30(37-27(2)32)26-36-38(33)35-23-18-22-31(3)4/h17,20-21,24,30,33H,5-16,18-19,22-23,25-26H2,1-4H3. The Kier molecular flexibility index (Phi) is 21.6. The minimum absolute atomic E-state index is 0.00795. The summed E-state index contributed by atoms with van der Waals surface area (Å²) in [5, 5.41) is 0. The lowest BCUT2D eigenvalue weighted by Gasteiger charge is -2.19. The molecule has 1 rings (SSSR count). The second-order valence-electron chi connectivity index (χ2n) is 10.4. The number of rotatable bonds is 25. The van der Waals surface area contributed by atoms with Crippen LogP contribution in [0.2, 0.25) is 0 Å². The number of aryl methyl sites for hydroxylation is 1. The molecule has 2 unspecified atom stereocenters. The Morgan fingerprint density at radius 3 is 2.13 bits per heavy atom. The van der Waals surface area contributed by atoms with Crippen molar-refractivity contribution in [1.29, 1.82) is 0 Å². The lowest BCUT2D eigenvalue weighted by molar-refractivity contribution is -0.149. The largest absolute Gasteiger partial charge is 0.490 e. The number of carbonyl (C=O) groups excluding carboxylic acids is 1. The van der Waals surface area contributed by atoms with Gasteiger partial charge in [0, 0.05) is 6.92 Å². The maximum atomic E-state index is 11.5. The molecule has 0 heterocycles. The maximum absolute atomic E-state index is 11.5. The molecular formula is C30H54NO6P. The summed E-state index contributed by atoms with van der Waals surface area (Å²) in [6.07, 6.45) is 17.4. The van der Waals surface area contributed by atoms with Crippen molar-refractivity contribution in [1.82, 2.24) is 4.90 Å². The van der Waals surface area contributed by atoms with Crippen molar-refractivity contribution in [3.05, 3.63) is 29.8 Å². The highest BCUT2D eigenvalue weighted by Gasteiger charge is 2.17. The van der Waals surface area contributed by atoms with Crippen LogP contribution in [0, 0.1) is 0 Å². The third-order valence-electron chi connectivity index (χ3n) is 6.31. The zero-order valence-corrected chi connectivity index (χ0v) is 25.4. The molecule has 7 nitrogen and oxygen atoms in total. The summed E-state index contributed by atoms with van der Waals surface area (Å²) in [6.45, 7) is 5.04. The fourth-order valence-electron chi connectivity index (χ4n) is 4.21. The molecule has 1 aromatic carbocycles. The van der Waals surface area contributed by atoms with E-state index in [4.69, 9.17) is 18.5 Å². The second kappa shape index (κ2) is 23.6. The van der Waals surface area contributed by atoms with Crippen molar-refractivity contribution in [3.8, 4) is 5.75 Å². The lowest BCUT2D eigenvalue weighted by Crippen LogP contribution is -2.28. The Bertz CT molecular complexity index is 705. The summed E-state index contributed by atoms with van der Waals surface area (Å²) in [4.78, 5) is 23.5. The molecule has 0 radical (unpaired) electrons. The van der Waals surface area contributed by atoms with Crippen LogP contribution < -0.4 is 4.74 Å². The van der Waals surface area contributed by atoms with Crippen LogP contribution in [0.15, 0.2) is 24.3 Å². The summed E-state index contributed by atoms with van der Waals surface area (Å²) in [6, 6.07) is 8.09. The van der Waals surface area contributed by atoms with Crippen LogP contribution in [0.3, 0.4) is 0 Å². The van der Waals surface area contributed by atoms with E-state index in [1.54, 1.807) is 0 Å². The zero-order chi connectivity index (χ0) is 27.8. The van der Waals surface area contributed by atoms with Gasteiger partial charge in [0.2, 0.25) is 0 Å². The number of esters is 1. The van der Waals surface area contributed by atoms with Crippen molar-refractivity contribution < 1.29 is 28.2 Å². The first-order valence-electron chi connectivity index (χ1n) is 14.7. The molecule has 0 fully saturated rings. The summed E-state index contributed by atoms with van der Waals surface area (Å²) in [7, 11) is 1.94. The lowest BCUT2D eigenvalue weighted by atomic mass is 10.0.